The summed E-state index contributed by atoms with van der Waals surface area (Å²) < 4.78 is 5.21. The van der Waals surface area contributed by atoms with Gasteiger partial charge in [0.25, 0.3) is 0 Å². The highest BCUT2D eigenvalue weighted by Crippen LogP contribution is 2.16. The maximum atomic E-state index is 5.54. The van der Waals surface area contributed by atoms with E-state index >= 15 is 0 Å². The molecule has 0 unspecified atom stereocenters. The van der Waals surface area contributed by atoms with Gasteiger partial charge < -0.3 is 15.2 Å². The standard InChI is InChI=1S/C13H22N4OS/c1-10-12(11(2)18-15-10)9-17-7-5-16(6-8-17)4-3-13(14)19/h3-9H2,1-2H3,(H2,14,19). The zero-order valence-electron chi connectivity index (χ0n) is 11.7. The predicted octanol–water partition coefficient (Wildman–Crippen LogP) is 1.09. The summed E-state index contributed by atoms with van der Waals surface area (Å²) in [4.78, 5) is 5.48. The Balaban J connectivity index is 1.79. The molecule has 2 heterocycles. The zero-order valence-corrected chi connectivity index (χ0v) is 12.5. The SMILES string of the molecule is Cc1noc(C)c1CN1CCN(CCC(N)=S)CC1. The van der Waals surface area contributed by atoms with Gasteiger partial charge in [0.2, 0.25) is 0 Å². The fourth-order valence-corrected chi connectivity index (χ4v) is 2.48. The van der Waals surface area contributed by atoms with E-state index in [-0.39, 0.29) is 0 Å². The van der Waals surface area contributed by atoms with Gasteiger partial charge in [-0.2, -0.15) is 0 Å². The number of thiocarbonyl (C=S) groups is 1. The van der Waals surface area contributed by atoms with Crippen molar-refractivity contribution < 1.29 is 4.52 Å². The molecular weight excluding hydrogens is 260 g/mol. The number of aryl methyl sites for hydroxylation is 2. The number of hydrogen-bond acceptors (Lipinski definition) is 5. The molecule has 1 saturated heterocycles. The van der Waals surface area contributed by atoms with Gasteiger partial charge in [-0.15, -0.1) is 0 Å². The van der Waals surface area contributed by atoms with Crippen molar-refractivity contribution in [2.45, 2.75) is 26.8 Å². The number of nitrogens with two attached hydrogens (primary N) is 1. The van der Waals surface area contributed by atoms with Crippen LogP contribution in [0.15, 0.2) is 4.52 Å². The van der Waals surface area contributed by atoms with Crippen LogP contribution in [0, 0.1) is 13.8 Å². The van der Waals surface area contributed by atoms with Crippen LogP contribution in [0.4, 0.5) is 0 Å². The Hall–Kier alpha value is -0.980. The van der Waals surface area contributed by atoms with E-state index in [9.17, 15) is 0 Å². The summed E-state index contributed by atoms with van der Waals surface area (Å²) in [6.45, 7) is 10.2. The molecule has 0 saturated carbocycles. The number of aromatic nitrogens is 1. The molecular formula is C13H22N4OS. The smallest absolute Gasteiger partial charge is 0.138 e. The lowest BCUT2D eigenvalue weighted by atomic mass is 10.2. The van der Waals surface area contributed by atoms with Crippen LogP contribution in [0.2, 0.25) is 0 Å². The summed E-state index contributed by atoms with van der Waals surface area (Å²) >= 11 is 4.92. The molecule has 5 nitrogen and oxygen atoms in total. The van der Waals surface area contributed by atoms with Crippen LogP contribution < -0.4 is 5.73 Å². The molecule has 19 heavy (non-hydrogen) atoms. The van der Waals surface area contributed by atoms with E-state index in [0.717, 1.165) is 57.1 Å². The van der Waals surface area contributed by atoms with Crippen molar-refractivity contribution in [1.82, 2.24) is 15.0 Å². The average molecular weight is 282 g/mol. The monoisotopic (exact) mass is 282 g/mol. The Morgan fingerprint density at radius 3 is 2.42 bits per heavy atom. The third-order valence-electron chi connectivity index (χ3n) is 3.70. The van der Waals surface area contributed by atoms with E-state index in [1.54, 1.807) is 0 Å². The van der Waals surface area contributed by atoms with Crippen LogP contribution in [-0.4, -0.2) is 52.7 Å². The third-order valence-corrected chi connectivity index (χ3v) is 3.91. The summed E-state index contributed by atoms with van der Waals surface area (Å²) in [5.41, 5.74) is 7.78. The Morgan fingerprint density at radius 1 is 1.26 bits per heavy atom. The fourth-order valence-electron chi connectivity index (χ4n) is 2.39. The number of hydrogen-bond donors (Lipinski definition) is 1. The average Bonchev–Trinajstić information content (AvgIpc) is 2.70. The Bertz CT molecular complexity index is 418. The van der Waals surface area contributed by atoms with Gasteiger partial charge in [-0.1, -0.05) is 17.4 Å². The second kappa shape index (κ2) is 6.45. The number of rotatable bonds is 5. The van der Waals surface area contributed by atoms with E-state index in [1.807, 2.05) is 13.8 Å². The first-order chi connectivity index (χ1) is 9.06. The highest BCUT2D eigenvalue weighted by Gasteiger charge is 2.19. The van der Waals surface area contributed by atoms with E-state index in [0.29, 0.717) is 4.99 Å². The molecule has 0 aromatic carbocycles. The number of piperazine rings is 1. The Labute approximate surface area is 119 Å². The highest BCUT2D eigenvalue weighted by molar-refractivity contribution is 7.80. The molecule has 0 atom stereocenters. The molecule has 1 aliphatic rings. The van der Waals surface area contributed by atoms with Crippen molar-refractivity contribution >= 4 is 17.2 Å². The normalized spacial score (nSPS) is 17.8. The first-order valence-electron chi connectivity index (χ1n) is 6.71. The maximum absolute atomic E-state index is 5.54. The van der Waals surface area contributed by atoms with Crippen LogP contribution in [0.5, 0.6) is 0 Å². The first-order valence-corrected chi connectivity index (χ1v) is 7.12. The lowest BCUT2D eigenvalue weighted by Crippen LogP contribution is -2.46. The molecule has 1 fully saturated rings. The van der Waals surface area contributed by atoms with Crippen LogP contribution in [0.25, 0.3) is 0 Å². The van der Waals surface area contributed by atoms with Crippen LogP contribution in [0.1, 0.15) is 23.4 Å². The van der Waals surface area contributed by atoms with Crippen molar-refractivity contribution in [3.8, 4) is 0 Å². The second-order valence-electron chi connectivity index (χ2n) is 5.14. The highest BCUT2D eigenvalue weighted by atomic mass is 32.1. The zero-order chi connectivity index (χ0) is 13.8. The molecule has 0 bridgehead atoms. The van der Waals surface area contributed by atoms with Crippen molar-refractivity contribution in [2.24, 2.45) is 5.73 Å². The van der Waals surface area contributed by atoms with Gasteiger partial charge in [0, 0.05) is 51.3 Å². The predicted molar refractivity (Wildman–Crippen MR) is 79.1 cm³/mol. The third kappa shape index (κ3) is 3.99. The molecule has 106 valence electrons. The van der Waals surface area contributed by atoms with Crippen LogP contribution in [0.3, 0.4) is 0 Å². The molecule has 0 aliphatic carbocycles. The lowest BCUT2D eigenvalue weighted by molar-refractivity contribution is 0.129. The van der Waals surface area contributed by atoms with Gasteiger partial charge in [-0.3, -0.25) is 4.90 Å². The van der Waals surface area contributed by atoms with Gasteiger partial charge in [-0.25, -0.2) is 0 Å². The van der Waals surface area contributed by atoms with Crippen molar-refractivity contribution in [1.29, 1.82) is 0 Å². The fraction of sp³-hybridized carbons (Fsp3) is 0.692. The molecule has 0 spiro atoms. The molecule has 6 heteroatoms. The number of nitrogens with zero attached hydrogens (tertiary/aromatic N) is 3. The quantitative estimate of drug-likeness (QED) is 0.816. The van der Waals surface area contributed by atoms with Gasteiger partial charge in [-0.05, 0) is 13.8 Å². The molecule has 0 radical (unpaired) electrons. The molecule has 1 aromatic heterocycles. The van der Waals surface area contributed by atoms with Gasteiger partial charge in [0.05, 0.1) is 10.7 Å². The van der Waals surface area contributed by atoms with Crippen molar-refractivity contribution in [2.75, 3.05) is 32.7 Å². The van der Waals surface area contributed by atoms with Gasteiger partial charge in [0.15, 0.2) is 0 Å². The van der Waals surface area contributed by atoms with Crippen molar-refractivity contribution in [3.63, 3.8) is 0 Å². The summed E-state index contributed by atoms with van der Waals surface area (Å²) in [6.07, 6.45) is 0.819. The lowest BCUT2D eigenvalue weighted by Gasteiger charge is -2.34. The van der Waals surface area contributed by atoms with Gasteiger partial charge >= 0.3 is 0 Å². The minimum atomic E-state index is 0.609. The van der Waals surface area contributed by atoms with E-state index in [4.69, 9.17) is 22.5 Å². The Morgan fingerprint density at radius 2 is 1.89 bits per heavy atom. The summed E-state index contributed by atoms with van der Waals surface area (Å²) in [5, 5.41) is 4.01. The summed E-state index contributed by atoms with van der Waals surface area (Å²) in [6, 6.07) is 0. The molecule has 2 N–H and O–H groups in total. The van der Waals surface area contributed by atoms with Crippen molar-refractivity contribution in [3.05, 3.63) is 17.0 Å². The van der Waals surface area contributed by atoms with Crippen LogP contribution in [-0.2, 0) is 6.54 Å². The maximum Gasteiger partial charge on any atom is 0.138 e. The van der Waals surface area contributed by atoms with E-state index < -0.39 is 0 Å². The minimum absolute atomic E-state index is 0.609. The molecule has 2 rings (SSSR count). The largest absolute Gasteiger partial charge is 0.393 e. The molecule has 0 amide bonds. The summed E-state index contributed by atoms with van der Waals surface area (Å²) in [7, 11) is 0. The molecule has 1 aromatic rings. The second-order valence-corrected chi connectivity index (χ2v) is 5.66. The van der Waals surface area contributed by atoms with Gasteiger partial charge in [0.1, 0.15) is 5.76 Å². The van der Waals surface area contributed by atoms with E-state index in [1.165, 1.54) is 5.56 Å². The first kappa shape index (κ1) is 14.4. The molecule has 1 aliphatic heterocycles. The van der Waals surface area contributed by atoms with Crippen LogP contribution >= 0.6 is 12.2 Å². The topological polar surface area (TPSA) is 58.5 Å². The van der Waals surface area contributed by atoms with E-state index in [2.05, 4.69) is 15.0 Å². The minimum Gasteiger partial charge on any atom is -0.393 e. The Kier molecular flexibility index (Phi) is 4.90. The summed E-state index contributed by atoms with van der Waals surface area (Å²) in [5.74, 6) is 0.938.